The first-order valence-corrected chi connectivity index (χ1v) is 4.83. The summed E-state index contributed by atoms with van der Waals surface area (Å²) in [5.41, 5.74) is 0. The minimum Gasteiger partial charge on any atom is -0.103 e. The second-order valence-electron chi connectivity index (χ2n) is 2.94. The van der Waals surface area contributed by atoms with Crippen LogP contribution in [-0.2, 0) is 0 Å². The van der Waals surface area contributed by atoms with Crippen molar-refractivity contribution in [3.63, 3.8) is 0 Å². The van der Waals surface area contributed by atoms with Gasteiger partial charge in [-0.15, -0.1) is 5.92 Å². The first kappa shape index (κ1) is 10.6. The molecule has 0 heteroatoms. The van der Waals surface area contributed by atoms with E-state index in [9.17, 15) is 0 Å². The molecule has 0 N–H and O–H groups in total. The topological polar surface area (TPSA) is 0 Å². The van der Waals surface area contributed by atoms with E-state index in [1.165, 1.54) is 25.7 Å². The first-order valence-electron chi connectivity index (χ1n) is 4.83. The largest absolute Gasteiger partial charge is 0.103 e. The highest BCUT2D eigenvalue weighted by Gasteiger charge is 1.94. The Morgan fingerprint density at radius 2 is 1.73 bits per heavy atom. The third-order valence-electron chi connectivity index (χ3n) is 1.95. The Balaban J connectivity index is 3.47. The second-order valence-corrected chi connectivity index (χ2v) is 2.94. The van der Waals surface area contributed by atoms with Crippen molar-refractivity contribution in [1.29, 1.82) is 0 Å². The minimum atomic E-state index is 0.645. The summed E-state index contributed by atoms with van der Waals surface area (Å²) in [5.74, 6) is 7.19. The van der Waals surface area contributed by atoms with Crippen LogP contribution in [0.2, 0.25) is 0 Å². The van der Waals surface area contributed by atoms with Crippen LogP contribution in [0.4, 0.5) is 0 Å². The van der Waals surface area contributed by atoms with Crippen LogP contribution in [0, 0.1) is 17.8 Å². The summed E-state index contributed by atoms with van der Waals surface area (Å²) < 4.78 is 0. The summed E-state index contributed by atoms with van der Waals surface area (Å²) in [5, 5.41) is 0. The highest BCUT2D eigenvalue weighted by atomic mass is 14.0. The van der Waals surface area contributed by atoms with E-state index in [0.717, 1.165) is 6.42 Å². The molecule has 0 radical (unpaired) electrons. The van der Waals surface area contributed by atoms with Crippen molar-refractivity contribution in [2.45, 2.75) is 52.9 Å². The molecule has 0 aromatic rings. The summed E-state index contributed by atoms with van der Waals surface area (Å²) in [6.45, 7) is 6.63. The number of hydrogen-bond donors (Lipinski definition) is 0. The predicted molar refractivity (Wildman–Crippen MR) is 51.4 cm³/mol. The maximum Gasteiger partial charge on any atom is 0.0197 e. The standard InChI is InChI=1S/C11H20/c1-4-7-8-9-10-11(5-2)6-3/h11H,4-8H2,1-3H3. The SMILES string of the molecule is CCCCC#CC(CC)CC. The lowest BCUT2D eigenvalue weighted by Gasteiger charge is -2.00. The summed E-state index contributed by atoms with van der Waals surface area (Å²) in [6.07, 6.45) is 6.02. The van der Waals surface area contributed by atoms with Crippen molar-refractivity contribution in [3.8, 4) is 11.8 Å². The average Bonchev–Trinajstić information content (AvgIpc) is 2.05. The molecule has 0 aliphatic heterocycles. The van der Waals surface area contributed by atoms with E-state index in [1.807, 2.05) is 0 Å². The van der Waals surface area contributed by atoms with Gasteiger partial charge in [-0.05, 0) is 19.3 Å². The predicted octanol–water partition coefficient (Wildman–Crippen LogP) is 3.62. The smallest absolute Gasteiger partial charge is 0.0197 e. The van der Waals surface area contributed by atoms with Crippen LogP contribution in [0.1, 0.15) is 52.9 Å². The van der Waals surface area contributed by atoms with Gasteiger partial charge in [0.05, 0.1) is 0 Å². The lowest BCUT2D eigenvalue weighted by Crippen LogP contribution is -1.90. The van der Waals surface area contributed by atoms with Crippen LogP contribution in [0.25, 0.3) is 0 Å². The fourth-order valence-corrected chi connectivity index (χ4v) is 0.974. The molecule has 0 aromatic carbocycles. The van der Waals surface area contributed by atoms with E-state index in [4.69, 9.17) is 0 Å². The number of hydrogen-bond acceptors (Lipinski definition) is 0. The van der Waals surface area contributed by atoms with E-state index < -0.39 is 0 Å². The number of rotatable bonds is 4. The van der Waals surface area contributed by atoms with Crippen molar-refractivity contribution in [2.24, 2.45) is 5.92 Å². The van der Waals surface area contributed by atoms with Gasteiger partial charge in [0.2, 0.25) is 0 Å². The molecular weight excluding hydrogens is 132 g/mol. The fourth-order valence-electron chi connectivity index (χ4n) is 0.974. The highest BCUT2D eigenvalue weighted by molar-refractivity contribution is 5.02. The van der Waals surface area contributed by atoms with Crippen LogP contribution < -0.4 is 0 Å². The van der Waals surface area contributed by atoms with Crippen molar-refractivity contribution in [3.05, 3.63) is 0 Å². The first-order chi connectivity index (χ1) is 5.35. The van der Waals surface area contributed by atoms with Gasteiger partial charge in [-0.2, -0.15) is 0 Å². The minimum absolute atomic E-state index is 0.645. The lowest BCUT2D eigenvalue weighted by molar-refractivity contribution is 0.626. The van der Waals surface area contributed by atoms with Gasteiger partial charge in [-0.3, -0.25) is 0 Å². The Bertz CT molecular complexity index is 121. The van der Waals surface area contributed by atoms with Gasteiger partial charge < -0.3 is 0 Å². The van der Waals surface area contributed by atoms with Gasteiger partial charge >= 0.3 is 0 Å². The van der Waals surface area contributed by atoms with Crippen molar-refractivity contribution in [1.82, 2.24) is 0 Å². The summed E-state index contributed by atoms with van der Waals surface area (Å²) in [7, 11) is 0. The van der Waals surface area contributed by atoms with Gasteiger partial charge in [-0.1, -0.05) is 33.1 Å². The molecule has 0 heterocycles. The van der Waals surface area contributed by atoms with Gasteiger partial charge in [-0.25, -0.2) is 0 Å². The molecule has 0 amide bonds. The molecule has 0 bridgehead atoms. The maximum absolute atomic E-state index is 3.30. The molecule has 0 spiro atoms. The van der Waals surface area contributed by atoms with Crippen LogP contribution in [0.5, 0.6) is 0 Å². The molecule has 0 rings (SSSR count). The highest BCUT2D eigenvalue weighted by Crippen LogP contribution is 2.05. The molecule has 0 unspecified atom stereocenters. The Morgan fingerprint density at radius 1 is 1.09 bits per heavy atom. The molecule has 0 atom stereocenters. The quantitative estimate of drug-likeness (QED) is 0.426. The summed E-state index contributed by atoms with van der Waals surface area (Å²) in [4.78, 5) is 0. The van der Waals surface area contributed by atoms with Gasteiger partial charge in [0.15, 0.2) is 0 Å². The lowest BCUT2D eigenvalue weighted by atomic mass is 10.0. The zero-order valence-electron chi connectivity index (χ0n) is 8.11. The maximum atomic E-state index is 3.30. The Labute approximate surface area is 71.4 Å². The van der Waals surface area contributed by atoms with Crippen LogP contribution >= 0.6 is 0 Å². The monoisotopic (exact) mass is 152 g/mol. The molecule has 0 saturated heterocycles. The molecule has 0 aliphatic rings. The van der Waals surface area contributed by atoms with E-state index in [1.54, 1.807) is 0 Å². The molecule has 11 heavy (non-hydrogen) atoms. The van der Waals surface area contributed by atoms with Crippen LogP contribution in [0.15, 0.2) is 0 Å². The van der Waals surface area contributed by atoms with E-state index in [2.05, 4.69) is 32.6 Å². The molecule has 0 nitrogen and oxygen atoms in total. The molecule has 64 valence electrons. The molecular formula is C11H20. The summed E-state index contributed by atoms with van der Waals surface area (Å²) in [6, 6.07) is 0. The van der Waals surface area contributed by atoms with Crippen LogP contribution in [-0.4, -0.2) is 0 Å². The van der Waals surface area contributed by atoms with E-state index in [-0.39, 0.29) is 0 Å². The Kier molecular flexibility index (Phi) is 7.36. The van der Waals surface area contributed by atoms with Crippen molar-refractivity contribution < 1.29 is 0 Å². The third kappa shape index (κ3) is 5.98. The normalized spacial score (nSPS) is 9.45. The van der Waals surface area contributed by atoms with Gasteiger partial charge in [0.1, 0.15) is 0 Å². The molecule has 0 aromatic heterocycles. The molecule has 0 aliphatic carbocycles. The zero-order chi connectivity index (χ0) is 8.53. The average molecular weight is 152 g/mol. The second kappa shape index (κ2) is 7.66. The Morgan fingerprint density at radius 3 is 2.18 bits per heavy atom. The molecule has 0 fully saturated rings. The number of unbranched alkanes of at least 4 members (excludes halogenated alkanes) is 2. The van der Waals surface area contributed by atoms with E-state index >= 15 is 0 Å². The van der Waals surface area contributed by atoms with Crippen molar-refractivity contribution in [2.75, 3.05) is 0 Å². The van der Waals surface area contributed by atoms with Crippen LogP contribution in [0.3, 0.4) is 0 Å². The van der Waals surface area contributed by atoms with Gasteiger partial charge in [0, 0.05) is 12.3 Å². The third-order valence-corrected chi connectivity index (χ3v) is 1.95. The Hall–Kier alpha value is -0.440. The van der Waals surface area contributed by atoms with Gasteiger partial charge in [0.25, 0.3) is 0 Å². The van der Waals surface area contributed by atoms with Crippen molar-refractivity contribution >= 4 is 0 Å². The fraction of sp³-hybridized carbons (Fsp3) is 0.818. The summed E-state index contributed by atoms with van der Waals surface area (Å²) >= 11 is 0. The van der Waals surface area contributed by atoms with E-state index in [0.29, 0.717) is 5.92 Å². The zero-order valence-corrected chi connectivity index (χ0v) is 8.11. The molecule has 0 saturated carbocycles.